The fraction of sp³-hybridized carbons (Fsp3) is 0.667. The fourth-order valence-corrected chi connectivity index (χ4v) is 1.68. The summed E-state index contributed by atoms with van der Waals surface area (Å²) >= 11 is 3.56. The molecule has 1 aromatic heterocycles. The standard InChI is InChI=1S/C12H20BrN3/c1-4-5-11-8-12(15-9-14-11)16(3)7-6-10(2)13/h8-10H,4-7H2,1-3H3. The number of alkyl halides is 1. The molecule has 0 aromatic carbocycles. The van der Waals surface area contributed by atoms with Crippen molar-refractivity contribution in [3.05, 3.63) is 18.1 Å². The van der Waals surface area contributed by atoms with E-state index < -0.39 is 0 Å². The van der Waals surface area contributed by atoms with Gasteiger partial charge in [-0.25, -0.2) is 9.97 Å². The maximum absolute atomic E-state index is 4.30. The minimum atomic E-state index is 0.548. The molecule has 1 rings (SSSR count). The lowest BCUT2D eigenvalue weighted by Crippen LogP contribution is -2.21. The van der Waals surface area contributed by atoms with E-state index in [4.69, 9.17) is 0 Å². The summed E-state index contributed by atoms with van der Waals surface area (Å²) in [6.45, 7) is 5.34. The van der Waals surface area contributed by atoms with E-state index in [-0.39, 0.29) is 0 Å². The Kier molecular flexibility index (Phi) is 5.74. The molecule has 0 N–H and O–H groups in total. The lowest BCUT2D eigenvalue weighted by atomic mass is 10.2. The molecule has 90 valence electrons. The zero-order valence-corrected chi connectivity index (χ0v) is 11.9. The van der Waals surface area contributed by atoms with Crippen LogP contribution in [0.5, 0.6) is 0 Å². The number of aromatic nitrogens is 2. The number of rotatable bonds is 6. The molecule has 0 fully saturated rings. The second-order valence-corrected chi connectivity index (χ2v) is 5.67. The molecule has 16 heavy (non-hydrogen) atoms. The van der Waals surface area contributed by atoms with Crippen molar-refractivity contribution in [1.82, 2.24) is 9.97 Å². The lowest BCUT2D eigenvalue weighted by molar-refractivity contribution is 0.772. The van der Waals surface area contributed by atoms with Crippen LogP contribution in [0.4, 0.5) is 5.82 Å². The molecule has 0 aliphatic rings. The van der Waals surface area contributed by atoms with Crippen molar-refractivity contribution >= 4 is 21.7 Å². The molecule has 0 bridgehead atoms. The molecule has 1 unspecified atom stereocenters. The van der Waals surface area contributed by atoms with Crippen molar-refractivity contribution in [2.24, 2.45) is 0 Å². The Morgan fingerprint density at radius 3 is 2.81 bits per heavy atom. The molecule has 4 heteroatoms. The van der Waals surface area contributed by atoms with E-state index in [1.54, 1.807) is 6.33 Å². The van der Waals surface area contributed by atoms with Crippen LogP contribution in [0.3, 0.4) is 0 Å². The quantitative estimate of drug-likeness (QED) is 0.753. The van der Waals surface area contributed by atoms with Crippen LogP contribution >= 0.6 is 15.9 Å². The molecule has 0 radical (unpaired) electrons. The molecule has 0 saturated carbocycles. The summed E-state index contributed by atoms with van der Waals surface area (Å²) in [7, 11) is 2.08. The Balaban J connectivity index is 2.60. The number of aryl methyl sites for hydroxylation is 1. The Bertz CT molecular complexity index is 315. The minimum absolute atomic E-state index is 0.548. The van der Waals surface area contributed by atoms with Crippen molar-refractivity contribution in [2.75, 3.05) is 18.5 Å². The van der Waals surface area contributed by atoms with Gasteiger partial charge in [0.2, 0.25) is 0 Å². The molecule has 3 nitrogen and oxygen atoms in total. The first-order chi connectivity index (χ1) is 7.63. The van der Waals surface area contributed by atoms with Gasteiger partial charge in [-0.2, -0.15) is 0 Å². The molecule has 0 amide bonds. The summed E-state index contributed by atoms with van der Waals surface area (Å²) in [6, 6.07) is 2.09. The van der Waals surface area contributed by atoms with Crippen LogP contribution in [0.2, 0.25) is 0 Å². The number of nitrogens with zero attached hydrogens (tertiary/aromatic N) is 3. The zero-order valence-electron chi connectivity index (χ0n) is 10.3. The first-order valence-electron chi connectivity index (χ1n) is 5.79. The van der Waals surface area contributed by atoms with Crippen LogP contribution in [0.25, 0.3) is 0 Å². The third kappa shape index (κ3) is 4.47. The van der Waals surface area contributed by atoms with Gasteiger partial charge < -0.3 is 4.90 Å². The van der Waals surface area contributed by atoms with Crippen molar-refractivity contribution in [2.45, 2.75) is 37.9 Å². The van der Waals surface area contributed by atoms with Gasteiger partial charge in [-0.05, 0) is 12.8 Å². The fourth-order valence-electron chi connectivity index (χ4n) is 1.47. The molecular weight excluding hydrogens is 266 g/mol. The van der Waals surface area contributed by atoms with E-state index in [0.29, 0.717) is 4.83 Å². The minimum Gasteiger partial charge on any atom is -0.360 e. The maximum Gasteiger partial charge on any atom is 0.131 e. The highest BCUT2D eigenvalue weighted by Crippen LogP contribution is 2.12. The van der Waals surface area contributed by atoms with Crippen LogP contribution in [-0.2, 0) is 6.42 Å². The Labute approximate surface area is 106 Å². The topological polar surface area (TPSA) is 29.0 Å². The van der Waals surface area contributed by atoms with Gasteiger partial charge in [0.25, 0.3) is 0 Å². The highest BCUT2D eigenvalue weighted by molar-refractivity contribution is 9.09. The Morgan fingerprint density at radius 2 is 2.19 bits per heavy atom. The molecule has 0 saturated heterocycles. The third-order valence-corrected chi connectivity index (χ3v) is 2.93. The van der Waals surface area contributed by atoms with E-state index in [1.165, 1.54) is 0 Å². The van der Waals surface area contributed by atoms with E-state index >= 15 is 0 Å². The molecule has 0 aliphatic heterocycles. The zero-order chi connectivity index (χ0) is 12.0. The number of anilines is 1. The van der Waals surface area contributed by atoms with E-state index in [9.17, 15) is 0 Å². The van der Waals surface area contributed by atoms with Crippen molar-refractivity contribution < 1.29 is 0 Å². The summed E-state index contributed by atoms with van der Waals surface area (Å²) in [6.07, 6.45) is 4.93. The first kappa shape index (κ1) is 13.4. The smallest absolute Gasteiger partial charge is 0.131 e. The van der Waals surface area contributed by atoms with Crippen LogP contribution in [0.15, 0.2) is 12.4 Å². The summed E-state index contributed by atoms with van der Waals surface area (Å²) in [5, 5.41) is 0. The molecule has 0 spiro atoms. The Hall–Kier alpha value is -0.640. The SMILES string of the molecule is CCCc1cc(N(C)CCC(C)Br)ncn1. The predicted octanol–water partition coefficient (Wildman–Crippen LogP) is 3.04. The van der Waals surface area contributed by atoms with Crippen LogP contribution < -0.4 is 4.90 Å². The van der Waals surface area contributed by atoms with Gasteiger partial charge in [-0.15, -0.1) is 0 Å². The van der Waals surface area contributed by atoms with Gasteiger partial charge in [-0.1, -0.05) is 36.2 Å². The monoisotopic (exact) mass is 285 g/mol. The van der Waals surface area contributed by atoms with Gasteiger partial charge in [0.05, 0.1) is 0 Å². The van der Waals surface area contributed by atoms with Crippen LogP contribution in [-0.4, -0.2) is 28.4 Å². The maximum atomic E-state index is 4.30. The average Bonchev–Trinajstić information content (AvgIpc) is 2.26. The van der Waals surface area contributed by atoms with Crippen molar-refractivity contribution in [3.8, 4) is 0 Å². The van der Waals surface area contributed by atoms with Gasteiger partial charge in [-0.3, -0.25) is 0 Å². The lowest BCUT2D eigenvalue weighted by Gasteiger charge is -2.19. The van der Waals surface area contributed by atoms with Crippen molar-refractivity contribution in [3.63, 3.8) is 0 Å². The normalized spacial score (nSPS) is 12.5. The number of halogens is 1. The number of hydrogen-bond donors (Lipinski definition) is 0. The second kappa shape index (κ2) is 6.84. The summed E-state index contributed by atoms with van der Waals surface area (Å²) < 4.78 is 0. The molecule has 1 heterocycles. The second-order valence-electron chi connectivity index (χ2n) is 4.11. The van der Waals surface area contributed by atoms with Gasteiger partial charge in [0.1, 0.15) is 12.1 Å². The summed E-state index contributed by atoms with van der Waals surface area (Å²) in [5.74, 6) is 1.02. The van der Waals surface area contributed by atoms with E-state index in [2.05, 4.69) is 57.8 Å². The predicted molar refractivity (Wildman–Crippen MR) is 72.3 cm³/mol. The average molecular weight is 286 g/mol. The van der Waals surface area contributed by atoms with Crippen molar-refractivity contribution in [1.29, 1.82) is 0 Å². The first-order valence-corrected chi connectivity index (χ1v) is 6.71. The summed E-state index contributed by atoms with van der Waals surface area (Å²) in [4.78, 5) is 11.3. The highest BCUT2D eigenvalue weighted by atomic mass is 79.9. The van der Waals surface area contributed by atoms with Gasteiger partial charge in [0.15, 0.2) is 0 Å². The molecular formula is C12H20BrN3. The van der Waals surface area contributed by atoms with Gasteiger partial charge >= 0.3 is 0 Å². The number of hydrogen-bond acceptors (Lipinski definition) is 3. The largest absolute Gasteiger partial charge is 0.360 e. The highest BCUT2D eigenvalue weighted by Gasteiger charge is 2.05. The van der Waals surface area contributed by atoms with E-state index in [0.717, 1.165) is 37.3 Å². The van der Waals surface area contributed by atoms with E-state index in [1.807, 2.05) is 0 Å². The van der Waals surface area contributed by atoms with Crippen LogP contribution in [0.1, 0.15) is 32.4 Å². The van der Waals surface area contributed by atoms with Crippen LogP contribution in [0, 0.1) is 0 Å². The van der Waals surface area contributed by atoms with Gasteiger partial charge in [0, 0.05) is 30.2 Å². The summed E-state index contributed by atoms with van der Waals surface area (Å²) in [5.41, 5.74) is 1.13. The molecule has 0 aliphatic carbocycles. The molecule has 1 aromatic rings. The molecule has 1 atom stereocenters. The third-order valence-electron chi connectivity index (χ3n) is 2.47. The Morgan fingerprint density at radius 1 is 1.44 bits per heavy atom.